The zero-order chi connectivity index (χ0) is 14.5. The van der Waals surface area contributed by atoms with Crippen LogP contribution in [0.2, 0.25) is 0 Å². The normalized spacial score (nSPS) is 17.6. The number of nitrogens with zero attached hydrogens (tertiary/aromatic N) is 2. The van der Waals surface area contributed by atoms with E-state index < -0.39 is 6.10 Å². The molecule has 1 aliphatic rings. The number of β-amino-alcohol motifs (C(OH)–C–C–N with tert-alkyl or cyclic N) is 1. The van der Waals surface area contributed by atoms with Gasteiger partial charge in [0.1, 0.15) is 0 Å². The van der Waals surface area contributed by atoms with Crippen LogP contribution in [0.25, 0.3) is 11.1 Å². The minimum absolute atomic E-state index is 0.453. The van der Waals surface area contributed by atoms with Crippen LogP contribution in [-0.4, -0.2) is 47.8 Å². The molecule has 0 bridgehead atoms. The van der Waals surface area contributed by atoms with Crippen LogP contribution in [0.15, 0.2) is 48.8 Å². The Labute approximate surface area is 125 Å². The molecule has 1 unspecified atom stereocenters. The Kier molecular flexibility index (Phi) is 4.60. The third-order valence-electron chi connectivity index (χ3n) is 3.83. The van der Waals surface area contributed by atoms with Gasteiger partial charge in [0.05, 0.1) is 19.3 Å². The van der Waals surface area contributed by atoms with Crippen LogP contribution in [0, 0.1) is 0 Å². The van der Waals surface area contributed by atoms with Crippen molar-refractivity contribution in [1.29, 1.82) is 0 Å². The van der Waals surface area contributed by atoms with Gasteiger partial charge in [-0.1, -0.05) is 30.3 Å². The molecule has 4 nitrogen and oxygen atoms in total. The number of aliphatic hydroxyl groups is 1. The Morgan fingerprint density at radius 1 is 1.10 bits per heavy atom. The van der Waals surface area contributed by atoms with E-state index >= 15 is 0 Å². The number of benzene rings is 1. The minimum Gasteiger partial charge on any atom is -0.387 e. The van der Waals surface area contributed by atoms with E-state index in [1.54, 1.807) is 6.20 Å². The number of aliphatic hydroxyl groups excluding tert-OH is 1. The summed E-state index contributed by atoms with van der Waals surface area (Å²) in [5, 5.41) is 10.3. The van der Waals surface area contributed by atoms with Crippen molar-refractivity contribution in [2.75, 3.05) is 32.8 Å². The van der Waals surface area contributed by atoms with E-state index in [1.807, 2.05) is 42.6 Å². The van der Waals surface area contributed by atoms with Gasteiger partial charge >= 0.3 is 0 Å². The smallest absolute Gasteiger partial charge is 0.0916 e. The number of pyridine rings is 1. The van der Waals surface area contributed by atoms with Crippen molar-refractivity contribution in [1.82, 2.24) is 9.88 Å². The number of hydrogen-bond acceptors (Lipinski definition) is 4. The molecule has 1 fully saturated rings. The molecule has 0 saturated carbocycles. The third kappa shape index (κ3) is 3.67. The summed E-state index contributed by atoms with van der Waals surface area (Å²) in [5.41, 5.74) is 3.16. The fourth-order valence-corrected chi connectivity index (χ4v) is 2.56. The summed E-state index contributed by atoms with van der Waals surface area (Å²) in [4.78, 5) is 6.37. The molecule has 3 rings (SSSR count). The summed E-state index contributed by atoms with van der Waals surface area (Å²) in [6.07, 6.45) is 3.16. The lowest BCUT2D eigenvalue weighted by Gasteiger charge is -2.28. The second kappa shape index (κ2) is 6.80. The molecule has 1 aromatic carbocycles. The molecule has 21 heavy (non-hydrogen) atoms. The van der Waals surface area contributed by atoms with Gasteiger partial charge in [-0.2, -0.15) is 0 Å². The predicted molar refractivity (Wildman–Crippen MR) is 81.9 cm³/mol. The second-order valence-corrected chi connectivity index (χ2v) is 5.29. The Morgan fingerprint density at radius 3 is 2.52 bits per heavy atom. The van der Waals surface area contributed by atoms with Gasteiger partial charge in [-0.05, 0) is 22.8 Å². The maximum Gasteiger partial charge on any atom is 0.0916 e. The van der Waals surface area contributed by atoms with Crippen LogP contribution >= 0.6 is 0 Å². The van der Waals surface area contributed by atoms with Crippen molar-refractivity contribution in [3.8, 4) is 11.1 Å². The van der Waals surface area contributed by atoms with Crippen molar-refractivity contribution in [3.63, 3.8) is 0 Å². The summed E-state index contributed by atoms with van der Waals surface area (Å²) in [6, 6.07) is 12.0. The van der Waals surface area contributed by atoms with Crippen molar-refractivity contribution in [2.45, 2.75) is 6.10 Å². The Morgan fingerprint density at radius 2 is 1.86 bits per heavy atom. The van der Waals surface area contributed by atoms with Gasteiger partial charge in [0, 0.05) is 32.0 Å². The van der Waals surface area contributed by atoms with Gasteiger partial charge < -0.3 is 9.84 Å². The lowest BCUT2D eigenvalue weighted by atomic mass is 10.0. The zero-order valence-electron chi connectivity index (χ0n) is 12.0. The molecule has 0 radical (unpaired) electrons. The first-order valence-electron chi connectivity index (χ1n) is 7.31. The molecule has 1 aliphatic heterocycles. The molecule has 1 saturated heterocycles. The van der Waals surface area contributed by atoms with Gasteiger partial charge in [-0.15, -0.1) is 0 Å². The van der Waals surface area contributed by atoms with Crippen LogP contribution in [0.4, 0.5) is 0 Å². The fraction of sp³-hybridized carbons (Fsp3) is 0.353. The second-order valence-electron chi connectivity index (χ2n) is 5.29. The van der Waals surface area contributed by atoms with Crippen LogP contribution < -0.4 is 0 Å². The van der Waals surface area contributed by atoms with Crippen molar-refractivity contribution < 1.29 is 9.84 Å². The van der Waals surface area contributed by atoms with Gasteiger partial charge in [-0.25, -0.2) is 0 Å². The molecule has 1 atom stereocenters. The standard InChI is InChI=1S/C17H20N2O2/c20-17(13-19-8-10-21-11-9-19)15-5-3-14(4-6-15)16-2-1-7-18-12-16/h1-7,12,17,20H,8-11,13H2. The van der Waals surface area contributed by atoms with E-state index in [4.69, 9.17) is 4.74 Å². The minimum atomic E-state index is -0.453. The first kappa shape index (κ1) is 14.2. The number of hydrogen-bond donors (Lipinski definition) is 1. The number of aromatic nitrogens is 1. The van der Waals surface area contributed by atoms with E-state index in [0.29, 0.717) is 6.54 Å². The van der Waals surface area contributed by atoms with E-state index in [1.165, 1.54) is 0 Å². The highest BCUT2D eigenvalue weighted by Gasteiger charge is 2.16. The number of ether oxygens (including phenoxy) is 1. The summed E-state index contributed by atoms with van der Waals surface area (Å²) >= 11 is 0. The highest BCUT2D eigenvalue weighted by molar-refractivity contribution is 5.62. The highest BCUT2D eigenvalue weighted by atomic mass is 16.5. The van der Waals surface area contributed by atoms with Crippen LogP contribution in [-0.2, 0) is 4.74 Å². The van der Waals surface area contributed by atoms with Gasteiger partial charge in [0.25, 0.3) is 0 Å². The van der Waals surface area contributed by atoms with E-state index in [-0.39, 0.29) is 0 Å². The highest BCUT2D eigenvalue weighted by Crippen LogP contribution is 2.22. The molecule has 0 aliphatic carbocycles. The summed E-state index contributed by atoms with van der Waals surface area (Å²) < 4.78 is 5.32. The molecule has 2 aromatic rings. The maximum absolute atomic E-state index is 10.3. The molecule has 1 aromatic heterocycles. The topological polar surface area (TPSA) is 45.6 Å². The van der Waals surface area contributed by atoms with Crippen molar-refractivity contribution in [2.24, 2.45) is 0 Å². The largest absolute Gasteiger partial charge is 0.387 e. The average molecular weight is 284 g/mol. The first-order valence-corrected chi connectivity index (χ1v) is 7.31. The first-order chi connectivity index (χ1) is 10.3. The summed E-state index contributed by atoms with van der Waals surface area (Å²) in [7, 11) is 0. The summed E-state index contributed by atoms with van der Waals surface area (Å²) in [6.45, 7) is 3.96. The fourth-order valence-electron chi connectivity index (χ4n) is 2.56. The maximum atomic E-state index is 10.3. The summed E-state index contributed by atoms with van der Waals surface area (Å²) in [5.74, 6) is 0. The monoisotopic (exact) mass is 284 g/mol. The quantitative estimate of drug-likeness (QED) is 0.934. The molecule has 1 N–H and O–H groups in total. The third-order valence-corrected chi connectivity index (χ3v) is 3.83. The SMILES string of the molecule is OC(CN1CCOCC1)c1ccc(-c2cccnc2)cc1. The molecule has 4 heteroatoms. The van der Waals surface area contributed by atoms with Crippen LogP contribution in [0.3, 0.4) is 0 Å². The molecular weight excluding hydrogens is 264 g/mol. The van der Waals surface area contributed by atoms with E-state index in [0.717, 1.165) is 43.0 Å². The Hall–Kier alpha value is -1.75. The number of morpholine rings is 1. The molecular formula is C17H20N2O2. The lowest BCUT2D eigenvalue weighted by molar-refractivity contribution is 0.0143. The molecule has 2 heterocycles. The lowest BCUT2D eigenvalue weighted by Crippen LogP contribution is -2.38. The van der Waals surface area contributed by atoms with Gasteiger partial charge in [-0.3, -0.25) is 9.88 Å². The number of rotatable bonds is 4. The molecule has 0 spiro atoms. The van der Waals surface area contributed by atoms with E-state index in [9.17, 15) is 5.11 Å². The van der Waals surface area contributed by atoms with Crippen molar-refractivity contribution >= 4 is 0 Å². The molecule has 110 valence electrons. The average Bonchev–Trinajstić information content (AvgIpc) is 2.57. The van der Waals surface area contributed by atoms with Gasteiger partial charge in [0.2, 0.25) is 0 Å². The van der Waals surface area contributed by atoms with Crippen molar-refractivity contribution in [3.05, 3.63) is 54.4 Å². The predicted octanol–water partition coefficient (Wildman–Crippen LogP) is 2.11. The zero-order valence-corrected chi connectivity index (χ0v) is 12.0. The Balaban J connectivity index is 1.66. The van der Waals surface area contributed by atoms with E-state index in [2.05, 4.69) is 9.88 Å². The Bertz CT molecular complexity index is 551. The molecule has 0 amide bonds. The van der Waals surface area contributed by atoms with Crippen LogP contribution in [0.1, 0.15) is 11.7 Å². The van der Waals surface area contributed by atoms with Crippen LogP contribution in [0.5, 0.6) is 0 Å². The van der Waals surface area contributed by atoms with Gasteiger partial charge in [0.15, 0.2) is 0 Å².